The van der Waals surface area contributed by atoms with Crippen LogP contribution in [0.25, 0.3) is 11.1 Å². The Morgan fingerprint density at radius 2 is 1.43 bits per heavy atom. The largest absolute Gasteiger partial charge is 0.456 e. The molecule has 1 nitrogen and oxygen atoms in total. The SMILES string of the molecule is ClC1c2ccccc2Oc2c(-c3ccccc3)cccc21. The van der Waals surface area contributed by atoms with E-state index in [0.717, 1.165) is 33.8 Å². The van der Waals surface area contributed by atoms with Gasteiger partial charge in [0.05, 0.1) is 5.38 Å². The molecule has 4 rings (SSSR count). The highest BCUT2D eigenvalue weighted by atomic mass is 35.5. The fraction of sp³-hybridized carbons (Fsp3) is 0.0526. The fourth-order valence-electron chi connectivity index (χ4n) is 2.77. The second-order valence-corrected chi connectivity index (χ2v) is 5.53. The number of halogens is 1. The second-order valence-electron chi connectivity index (χ2n) is 5.09. The second kappa shape index (κ2) is 4.94. The van der Waals surface area contributed by atoms with E-state index in [1.165, 1.54) is 0 Å². The molecular formula is C19H13ClO. The molecule has 0 bridgehead atoms. The summed E-state index contributed by atoms with van der Waals surface area (Å²) in [4.78, 5) is 0. The number of rotatable bonds is 1. The fourth-order valence-corrected chi connectivity index (χ4v) is 3.13. The van der Waals surface area contributed by atoms with Gasteiger partial charge in [-0.3, -0.25) is 0 Å². The van der Waals surface area contributed by atoms with Crippen molar-refractivity contribution in [2.75, 3.05) is 0 Å². The summed E-state index contributed by atoms with van der Waals surface area (Å²) in [5, 5.41) is -0.173. The van der Waals surface area contributed by atoms with Crippen LogP contribution >= 0.6 is 11.6 Å². The summed E-state index contributed by atoms with van der Waals surface area (Å²) in [6.45, 7) is 0. The molecule has 0 amide bonds. The molecule has 1 aliphatic rings. The quantitative estimate of drug-likeness (QED) is 0.516. The first-order chi connectivity index (χ1) is 10.3. The van der Waals surface area contributed by atoms with Crippen LogP contribution in [0, 0.1) is 0 Å². The van der Waals surface area contributed by atoms with Gasteiger partial charge in [-0.05, 0) is 11.6 Å². The van der Waals surface area contributed by atoms with Crippen LogP contribution in [0.1, 0.15) is 16.5 Å². The van der Waals surface area contributed by atoms with Crippen molar-refractivity contribution < 1.29 is 4.74 Å². The Bertz CT molecular complexity index is 796. The lowest BCUT2D eigenvalue weighted by molar-refractivity contribution is 0.460. The van der Waals surface area contributed by atoms with Gasteiger partial charge >= 0.3 is 0 Å². The molecule has 0 N–H and O–H groups in total. The maximum atomic E-state index is 6.66. The van der Waals surface area contributed by atoms with Gasteiger partial charge in [0.1, 0.15) is 11.5 Å². The molecule has 0 aromatic heterocycles. The predicted molar refractivity (Wildman–Crippen MR) is 86.1 cm³/mol. The third-order valence-corrected chi connectivity index (χ3v) is 4.28. The minimum atomic E-state index is -0.173. The van der Waals surface area contributed by atoms with E-state index in [2.05, 4.69) is 18.2 Å². The van der Waals surface area contributed by atoms with E-state index in [1.54, 1.807) is 0 Å². The molecule has 21 heavy (non-hydrogen) atoms. The average molecular weight is 293 g/mol. The van der Waals surface area contributed by atoms with Crippen LogP contribution < -0.4 is 4.74 Å². The van der Waals surface area contributed by atoms with Crippen molar-refractivity contribution in [2.24, 2.45) is 0 Å². The summed E-state index contributed by atoms with van der Waals surface area (Å²) in [5.41, 5.74) is 4.26. The van der Waals surface area contributed by atoms with Gasteiger partial charge in [0.15, 0.2) is 0 Å². The monoisotopic (exact) mass is 292 g/mol. The summed E-state index contributed by atoms with van der Waals surface area (Å²) in [6, 6.07) is 24.3. The van der Waals surface area contributed by atoms with Crippen molar-refractivity contribution in [3.8, 4) is 22.6 Å². The first kappa shape index (κ1) is 12.5. The highest BCUT2D eigenvalue weighted by Crippen LogP contribution is 2.49. The van der Waals surface area contributed by atoms with Crippen molar-refractivity contribution in [2.45, 2.75) is 5.38 Å². The Morgan fingerprint density at radius 1 is 0.714 bits per heavy atom. The Kier molecular flexibility index (Phi) is 2.94. The first-order valence-corrected chi connectivity index (χ1v) is 7.37. The van der Waals surface area contributed by atoms with Gasteiger partial charge in [-0.15, -0.1) is 11.6 Å². The average Bonchev–Trinajstić information content (AvgIpc) is 2.56. The highest BCUT2D eigenvalue weighted by molar-refractivity contribution is 6.23. The zero-order chi connectivity index (χ0) is 14.2. The van der Waals surface area contributed by atoms with Gasteiger partial charge < -0.3 is 4.74 Å². The zero-order valence-electron chi connectivity index (χ0n) is 11.3. The van der Waals surface area contributed by atoms with Crippen LogP contribution in [0.15, 0.2) is 72.8 Å². The van der Waals surface area contributed by atoms with E-state index < -0.39 is 0 Å². The lowest BCUT2D eigenvalue weighted by Gasteiger charge is -2.26. The summed E-state index contributed by atoms with van der Waals surface area (Å²) < 4.78 is 6.15. The number of hydrogen-bond acceptors (Lipinski definition) is 1. The van der Waals surface area contributed by atoms with Crippen molar-refractivity contribution >= 4 is 11.6 Å². The van der Waals surface area contributed by atoms with E-state index in [4.69, 9.17) is 16.3 Å². The van der Waals surface area contributed by atoms with Crippen LogP contribution in [0.4, 0.5) is 0 Å². The molecule has 1 unspecified atom stereocenters. The maximum absolute atomic E-state index is 6.66. The number of para-hydroxylation sites is 2. The molecular weight excluding hydrogens is 280 g/mol. The van der Waals surface area contributed by atoms with Crippen molar-refractivity contribution in [1.29, 1.82) is 0 Å². The smallest absolute Gasteiger partial charge is 0.140 e. The van der Waals surface area contributed by atoms with E-state index in [1.807, 2.05) is 54.6 Å². The Labute approximate surface area is 128 Å². The molecule has 2 heteroatoms. The number of benzene rings is 3. The molecule has 0 spiro atoms. The Morgan fingerprint density at radius 3 is 2.29 bits per heavy atom. The summed E-state index contributed by atoms with van der Waals surface area (Å²) >= 11 is 6.66. The number of fused-ring (bicyclic) bond motifs is 2. The van der Waals surface area contributed by atoms with Gasteiger partial charge in [0.25, 0.3) is 0 Å². The molecule has 1 aliphatic heterocycles. The van der Waals surface area contributed by atoms with Crippen LogP contribution in [-0.2, 0) is 0 Å². The van der Waals surface area contributed by atoms with Gasteiger partial charge in [-0.2, -0.15) is 0 Å². The summed E-state index contributed by atoms with van der Waals surface area (Å²) in [5.74, 6) is 1.70. The third-order valence-electron chi connectivity index (χ3n) is 3.81. The van der Waals surface area contributed by atoms with Crippen LogP contribution in [0.3, 0.4) is 0 Å². The third kappa shape index (κ3) is 2.01. The molecule has 1 heterocycles. The van der Waals surface area contributed by atoms with Crippen LogP contribution in [0.2, 0.25) is 0 Å². The van der Waals surface area contributed by atoms with Crippen molar-refractivity contribution in [3.05, 3.63) is 83.9 Å². The normalized spacial score (nSPS) is 15.8. The Hall–Kier alpha value is -2.25. The van der Waals surface area contributed by atoms with Crippen molar-refractivity contribution in [1.82, 2.24) is 0 Å². The van der Waals surface area contributed by atoms with E-state index in [9.17, 15) is 0 Å². The van der Waals surface area contributed by atoms with E-state index in [0.29, 0.717) is 0 Å². The Balaban J connectivity index is 1.92. The van der Waals surface area contributed by atoms with Gasteiger partial charge in [0.2, 0.25) is 0 Å². The molecule has 3 aromatic rings. The molecule has 102 valence electrons. The highest BCUT2D eigenvalue weighted by Gasteiger charge is 2.27. The van der Waals surface area contributed by atoms with Crippen LogP contribution in [-0.4, -0.2) is 0 Å². The van der Waals surface area contributed by atoms with Gasteiger partial charge in [0, 0.05) is 16.7 Å². The minimum absolute atomic E-state index is 0.173. The molecule has 0 saturated carbocycles. The van der Waals surface area contributed by atoms with E-state index in [-0.39, 0.29) is 5.38 Å². The summed E-state index contributed by atoms with van der Waals surface area (Å²) in [6.07, 6.45) is 0. The standard InChI is InChI=1S/C19H13ClO/c20-18-15-9-4-5-12-17(15)21-19-14(10-6-11-16(18)19)13-7-2-1-3-8-13/h1-12,18H. The zero-order valence-corrected chi connectivity index (χ0v) is 12.0. The van der Waals surface area contributed by atoms with Crippen LogP contribution in [0.5, 0.6) is 11.5 Å². The molecule has 0 saturated heterocycles. The minimum Gasteiger partial charge on any atom is -0.456 e. The topological polar surface area (TPSA) is 9.23 Å². The number of ether oxygens (including phenoxy) is 1. The van der Waals surface area contributed by atoms with E-state index >= 15 is 0 Å². The molecule has 0 aliphatic carbocycles. The summed E-state index contributed by atoms with van der Waals surface area (Å²) in [7, 11) is 0. The van der Waals surface area contributed by atoms with Crippen molar-refractivity contribution in [3.63, 3.8) is 0 Å². The molecule has 0 fully saturated rings. The molecule has 3 aromatic carbocycles. The molecule has 1 atom stereocenters. The maximum Gasteiger partial charge on any atom is 0.140 e. The predicted octanol–water partition coefficient (Wildman–Crippen LogP) is 5.79. The number of hydrogen-bond donors (Lipinski definition) is 0. The van der Waals surface area contributed by atoms with Gasteiger partial charge in [-0.1, -0.05) is 66.7 Å². The van der Waals surface area contributed by atoms with Gasteiger partial charge in [-0.25, -0.2) is 0 Å². The lowest BCUT2D eigenvalue weighted by atomic mass is 9.94. The number of alkyl halides is 1. The lowest BCUT2D eigenvalue weighted by Crippen LogP contribution is -2.06. The first-order valence-electron chi connectivity index (χ1n) is 6.94. The molecule has 0 radical (unpaired) electrons.